The number of rotatable bonds is 4. The van der Waals surface area contributed by atoms with Crippen molar-refractivity contribution in [1.82, 2.24) is 9.97 Å². The van der Waals surface area contributed by atoms with Gasteiger partial charge in [0.2, 0.25) is 5.95 Å². The summed E-state index contributed by atoms with van der Waals surface area (Å²) in [5, 5.41) is 2.89. The third-order valence-electron chi connectivity index (χ3n) is 2.26. The average Bonchev–Trinajstić information content (AvgIpc) is 2.34. The smallest absolute Gasteiger partial charge is 0.222 e. The summed E-state index contributed by atoms with van der Waals surface area (Å²) >= 11 is 0. The van der Waals surface area contributed by atoms with Crippen LogP contribution in [0.15, 0.2) is 36.7 Å². The minimum Gasteiger partial charge on any atom is -0.354 e. The van der Waals surface area contributed by atoms with E-state index in [1.807, 2.05) is 0 Å². The Morgan fingerprint density at radius 1 is 1.06 bits per heavy atom. The zero-order valence-electron chi connectivity index (χ0n) is 9.03. The topological polar surface area (TPSA) is 37.8 Å². The van der Waals surface area contributed by atoms with E-state index in [1.54, 1.807) is 18.2 Å². The zero-order chi connectivity index (χ0) is 12.1. The van der Waals surface area contributed by atoms with E-state index < -0.39 is 5.82 Å². The summed E-state index contributed by atoms with van der Waals surface area (Å²) in [7, 11) is 0. The number of anilines is 1. The molecule has 0 saturated heterocycles. The van der Waals surface area contributed by atoms with Gasteiger partial charge in [-0.25, -0.2) is 18.7 Å². The van der Waals surface area contributed by atoms with Gasteiger partial charge in [-0.1, -0.05) is 18.2 Å². The number of nitrogens with one attached hydrogen (secondary N) is 1. The molecule has 3 nitrogen and oxygen atoms in total. The van der Waals surface area contributed by atoms with Crippen molar-refractivity contribution < 1.29 is 8.78 Å². The molecule has 0 radical (unpaired) electrons. The maximum atomic E-state index is 13.3. The maximum absolute atomic E-state index is 13.3. The van der Waals surface area contributed by atoms with E-state index in [2.05, 4.69) is 15.3 Å². The Bertz CT molecular complexity index is 485. The van der Waals surface area contributed by atoms with Crippen LogP contribution in [0, 0.1) is 11.6 Å². The number of nitrogens with zero attached hydrogens (tertiary/aromatic N) is 2. The van der Waals surface area contributed by atoms with E-state index in [-0.39, 0.29) is 5.82 Å². The van der Waals surface area contributed by atoms with Gasteiger partial charge in [-0.15, -0.1) is 0 Å². The lowest BCUT2D eigenvalue weighted by molar-refractivity contribution is 0.609. The van der Waals surface area contributed by atoms with Crippen LogP contribution < -0.4 is 5.32 Å². The lowest BCUT2D eigenvalue weighted by atomic mass is 10.1. The Kier molecular flexibility index (Phi) is 3.59. The van der Waals surface area contributed by atoms with Gasteiger partial charge in [0, 0.05) is 6.54 Å². The molecule has 0 saturated carbocycles. The lowest BCUT2D eigenvalue weighted by Gasteiger charge is -2.05. The number of hydrogen-bond acceptors (Lipinski definition) is 3. The first-order chi connectivity index (χ1) is 8.25. The highest BCUT2D eigenvalue weighted by Gasteiger charge is 2.01. The van der Waals surface area contributed by atoms with Gasteiger partial charge in [0.15, 0.2) is 5.82 Å². The van der Waals surface area contributed by atoms with Crippen LogP contribution in [-0.4, -0.2) is 16.5 Å². The van der Waals surface area contributed by atoms with Crippen LogP contribution in [0.4, 0.5) is 14.7 Å². The summed E-state index contributed by atoms with van der Waals surface area (Å²) in [5.74, 6) is -0.373. The number of halogens is 2. The van der Waals surface area contributed by atoms with Crippen LogP contribution in [0.2, 0.25) is 0 Å². The Morgan fingerprint density at radius 2 is 1.76 bits per heavy atom. The molecule has 2 rings (SSSR count). The number of benzene rings is 1. The van der Waals surface area contributed by atoms with Gasteiger partial charge in [0.05, 0.1) is 12.4 Å². The highest BCUT2D eigenvalue weighted by atomic mass is 19.1. The summed E-state index contributed by atoms with van der Waals surface area (Å²) < 4.78 is 25.8. The van der Waals surface area contributed by atoms with Crippen molar-refractivity contribution in [3.05, 3.63) is 53.9 Å². The first kappa shape index (κ1) is 11.4. The SMILES string of the molecule is Fc1cnc(NCCc2ccccc2F)nc1. The van der Waals surface area contributed by atoms with Gasteiger partial charge in [-0.2, -0.15) is 0 Å². The second-order valence-electron chi connectivity index (χ2n) is 3.49. The third-order valence-corrected chi connectivity index (χ3v) is 2.26. The highest BCUT2D eigenvalue weighted by Crippen LogP contribution is 2.07. The van der Waals surface area contributed by atoms with Crippen molar-refractivity contribution in [1.29, 1.82) is 0 Å². The van der Waals surface area contributed by atoms with E-state index in [0.29, 0.717) is 24.5 Å². The molecule has 1 N–H and O–H groups in total. The molecule has 0 aliphatic rings. The molecule has 0 unspecified atom stereocenters. The van der Waals surface area contributed by atoms with Gasteiger partial charge in [0.25, 0.3) is 0 Å². The van der Waals surface area contributed by atoms with Gasteiger partial charge in [-0.05, 0) is 18.1 Å². The van der Waals surface area contributed by atoms with Crippen molar-refractivity contribution in [2.75, 3.05) is 11.9 Å². The van der Waals surface area contributed by atoms with Gasteiger partial charge < -0.3 is 5.32 Å². The quantitative estimate of drug-likeness (QED) is 0.884. The third kappa shape index (κ3) is 3.21. The largest absolute Gasteiger partial charge is 0.354 e. The molecular weight excluding hydrogens is 224 g/mol. The molecule has 0 bridgehead atoms. The molecule has 17 heavy (non-hydrogen) atoms. The zero-order valence-corrected chi connectivity index (χ0v) is 9.03. The molecule has 0 amide bonds. The fourth-order valence-electron chi connectivity index (χ4n) is 1.41. The van der Waals surface area contributed by atoms with Crippen molar-refractivity contribution in [2.45, 2.75) is 6.42 Å². The molecule has 1 heterocycles. The minimum atomic E-state index is -0.482. The van der Waals surface area contributed by atoms with Crippen molar-refractivity contribution in [3.8, 4) is 0 Å². The van der Waals surface area contributed by atoms with Crippen LogP contribution in [0.5, 0.6) is 0 Å². The van der Waals surface area contributed by atoms with E-state index in [9.17, 15) is 8.78 Å². The van der Waals surface area contributed by atoms with Crippen molar-refractivity contribution >= 4 is 5.95 Å². The van der Waals surface area contributed by atoms with Crippen LogP contribution in [0.1, 0.15) is 5.56 Å². The normalized spacial score (nSPS) is 10.2. The molecule has 5 heteroatoms. The van der Waals surface area contributed by atoms with E-state index in [1.165, 1.54) is 6.07 Å². The Hall–Kier alpha value is -2.04. The molecule has 0 spiro atoms. The predicted molar refractivity (Wildman–Crippen MR) is 60.6 cm³/mol. The monoisotopic (exact) mass is 235 g/mol. The van der Waals surface area contributed by atoms with Crippen LogP contribution in [0.3, 0.4) is 0 Å². The molecule has 0 fully saturated rings. The van der Waals surface area contributed by atoms with Crippen molar-refractivity contribution in [2.24, 2.45) is 0 Å². The minimum absolute atomic E-state index is 0.227. The van der Waals surface area contributed by atoms with Gasteiger partial charge in [-0.3, -0.25) is 0 Å². The maximum Gasteiger partial charge on any atom is 0.222 e. The van der Waals surface area contributed by atoms with Crippen molar-refractivity contribution in [3.63, 3.8) is 0 Å². The summed E-state index contributed by atoms with van der Waals surface area (Å²) in [5.41, 5.74) is 0.627. The molecule has 2 aromatic rings. The molecular formula is C12H11F2N3. The second kappa shape index (κ2) is 5.34. The Labute approximate surface area is 97.5 Å². The fourth-order valence-corrected chi connectivity index (χ4v) is 1.41. The lowest BCUT2D eigenvalue weighted by Crippen LogP contribution is -2.08. The van der Waals surface area contributed by atoms with Crippen LogP contribution >= 0.6 is 0 Å². The first-order valence-electron chi connectivity index (χ1n) is 5.20. The molecule has 1 aromatic carbocycles. The Morgan fingerprint density at radius 3 is 2.47 bits per heavy atom. The Balaban J connectivity index is 1.88. The molecule has 88 valence electrons. The first-order valence-corrected chi connectivity index (χ1v) is 5.20. The average molecular weight is 235 g/mol. The van der Waals surface area contributed by atoms with E-state index in [4.69, 9.17) is 0 Å². The summed E-state index contributed by atoms with van der Waals surface area (Å²) in [6.07, 6.45) is 2.68. The summed E-state index contributed by atoms with van der Waals surface area (Å²) in [6, 6.07) is 6.58. The second-order valence-corrected chi connectivity index (χ2v) is 3.49. The fraction of sp³-hybridized carbons (Fsp3) is 0.167. The highest BCUT2D eigenvalue weighted by molar-refractivity contribution is 5.24. The van der Waals surface area contributed by atoms with Crippen LogP contribution in [-0.2, 0) is 6.42 Å². The summed E-state index contributed by atoms with van der Waals surface area (Å²) in [4.78, 5) is 7.48. The standard InChI is InChI=1S/C12H11F2N3/c13-10-7-16-12(17-8-10)15-6-5-9-3-1-2-4-11(9)14/h1-4,7-8H,5-6H2,(H,15,16,17). The van der Waals surface area contributed by atoms with Gasteiger partial charge in [0.1, 0.15) is 5.82 Å². The predicted octanol–water partition coefficient (Wildman–Crippen LogP) is 2.41. The number of hydrogen-bond donors (Lipinski definition) is 1. The van der Waals surface area contributed by atoms with E-state index in [0.717, 1.165) is 12.4 Å². The molecule has 0 atom stereocenters. The van der Waals surface area contributed by atoms with Crippen LogP contribution in [0.25, 0.3) is 0 Å². The summed E-state index contributed by atoms with van der Waals surface area (Å²) in [6.45, 7) is 0.493. The molecule has 1 aromatic heterocycles. The molecule has 0 aliphatic heterocycles. The van der Waals surface area contributed by atoms with E-state index >= 15 is 0 Å². The molecule has 0 aliphatic carbocycles. The number of aromatic nitrogens is 2. The van der Waals surface area contributed by atoms with Gasteiger partial charge >= 0.3 is 0 Å².